The fourth-order valence-corrected chi connectivity index (χ4v) is 1.94. The van der Waals surface area contributed by atoms with Crippen molar-refractivity contribution in [3.8, 4) is 17.6 Å². The van der Waals surface area contributed by atoms with Gasteiger partial charge in [0, 0.05) is 11.8 Å². The summed E-state index contributed by atoms with van der Waals surface area (Å²) in [7, 11) is 1.53. The van der Waals surface area contributed by atoms with Gasteiger partial charge in [-0.2, -0.15) is 4.98 Å². The summed E-state index contributed by atoms with van der Waals surface area (Å²) >= 11 is 3.29. The van der Waals surface area contributed by atoms with E-state index in [2.05, 4.69) is 25.9 Å². The number of methoxy groups -OCH3 is 1. The first-order valence-corrected chi connectivity index (χ1v) is 6.41. The molecule has 0 saturated heterocycles. The van der Waals surface area contributed by atoms with Crippen molar-refractivity contribution in [2.24, 2.45) is 0 Å². The fraction of sp³-hybridized carbons (Fsp3) is 0.231. The Morgan fingerprint density at radius 3 is 2.63 bits per heavy atom. The van der Waals surface area contributed by atoms with Gasteiger partial charge in [0.25, 0.3) is 0 Å². The summed E-state index contributed by atoms with van der Waals surface area (Å²) in [6, 6.07) is 3.94. The Morgan fingerprint density at radius 2 is 1.95 bits per heavy atom. The standard InChI is InChI=1S/C13H14BrN3O2/c1-7-4-8(2)11(5-10(7)15)19-13-16-6-9(14)12(17-13)18-3/h4-6H,15H2,1-3H3. The highest BCUT2D eigenvalue weighted by Crippen LogP contribution is 2.29. The van der Waals surface area contributed by atoms with E-state index in [0.29, 0.717) is 21.8 Å². The lowest BCUT2D eigenvalue weighted by Gasteiger charge is -2.10. The van der Waals surface area contributed by atoms with E-state index in [4.69, 9.17) is 15.2 Å². The van der Waals surface area contributed by atoms with Gasteiger partial charge in [-0.1, -0.05) is 6.07 Å². The van der Waals surface area contributed by atoms with Crippen LogP contribution in [0.15, 0.2) is 22.8 Å². The van der Waals surface area contributed by atoms with Crippen LogP contribution in [0.1, 0.15) is 11.1 Å². The van der Waals surface area contributed by atoms with Crippen LogP contribution in [0.2, 0.25) is 0 Å². The summed E-state index contributed by atoms with van der Waals surface area (Å²) in [5.41, 5.74) is 8.52. The van der Waals surface area contributed by atoms with E-state index in [1.54, 1.807) is 12.3 Å². The average Bonchev–Trinajstić information content (AvgIpc) is 2.38. The van der Waals surface area contributed by atoms with E-state index in [9.17, 15) is 0 Å². The van der Waals surface area contributed by atoms with Gasteiger partial charge in [0.15, 0.2) is 0 Å². The first-order valence-electron chi connectivity index (χ1n) is 5.62. The number of ether oxygens (including phenoxy) is 2. The lowest BCUT2D eigenvalue weighted by Crippen LogP contribution is -1.98. The molecule has 0 radical (unpaired) electrons. The largest absolute Gasteiger partial charge is 0.480 e. The van der Waals surface area contributed by atoms with Gasteiger partial charge in [0.05, 0.1) is 17.8 Å². The zero-order valence-corrected chi connectivity index (χ0v) is 12.5. The number of aryl methyl sites for hydroxylation is 2. The molecular formula is C13H14BrN3O2. The first-order chi connectivity index (χ1) is 9.01. The number of hydrogen-bond acceptors (Lipinski definition) is 5. The Balaban J connectivity index is 2.33. The summed E-state index contributed by atoms with van der Waals surface area (Å²) in [6.45, 7) is 3.89. The molecule has 0 bridgehead atoms. The van der Waals surface area contributed by atoms with Crippen LogP contribution >= 0.6 is 15.9 Å². The van der Waals surface area contributed by atoms with Crippen molar-refractivity contribution in [3.05, 3.63) is 33.9 Å². The third kappa shape index (κ3) is 2.96. The predicted molar refractivity (Wildman–Crippen MR) is 76.7 cm³/mol. The molecule has 2 aromatic rings. The minimum absolute atomic E-state index is 0.214. The molecule has 19 heavy (non-hydrogen) atoms. The molecule has 0 unspecified atom stereocenters. The monoisotopic (exact) mass is 323 g/mol. The van der Waals surface area contributed by atoms with Gasteiger partial charge < -0.3 is 15.2 Å². The van der Waals surface area contributed by atoms with Gasteiger partial charge >= 0.3 is 6.01 Å². The Kier molecular flexibility index (Phi) is 3.90. The molecule has 5 nitrogen and oxygen atoms in total. The highest BCUT2D eigenvalue weighted by atomic mass is 79.9. The predicted octanol–water partition coefficient (Wildman–Crippen LogP) is 3.24. The molecule has 1 aromatic heterocycles. The van der Waals surface area contributed by atoms with E-state index in [0.717, 1.165) is 11.1 Å². The second-order valence-corrected chi connectivity index (χ2v) is 4.94. The Bertz CT molecular complexity index is 617. The molecule has 0 amide bonds. The zero-order chi connectivity index (χ0) is 14.0. The van der Waals surface area contributed by atoms with Crippen LogP contribution in [0.3, 0.4) is 0 Å². The normalized spacial score (nSPS) is 10.3. The van der Waals surface area contributed by atoms with Gasteiger partial charge in [-0.3, -0.25) is 0 Å². The minimum Gasteiger partial charge on any atom is -0.480 e. The number of hydrogen-bond donors (Lipinski definition) is 1. The summed E-state index contributed by atoms with van der Waals surface area (Å²) in [5.74, 6) is 1.05. The number of nitrogens with zero attached hydrogens (tertiary/aromatic N) is 2. The molecule has 0 fully saturated rings. The van der Waals surface area contributed by atoms with Crippen LogP contribution in [0.25, 0.3) is 0 Å². The molecule has 0 aliphatic rings. The van der Waals surface area contributed by atoms with Crippen molar-refractivity contribution in [2.45, 2.75) is 13.8 Å². The quantitative estimate of drug-likeness (QED) is 0.878. The van der Waals surface area contributed by atoms with E-state index in [-0.39, 0.29) is 6.01 Å². The number of nitrogen functional groups attached to an aromatic ring is 1. The Labute approximate surface area is 119 Å². The molecule has 100 valence electrons. The third-order valence-corrected chi connectivity index (χ3v) is 3.19. The number of halogens is 1. The van der Waals surface area contributed by atoms with Crippen LogP contribution in [0, 0.1) is 13.8 Å². The maximum absolute atomic E-state index is 5.87. The first kappa shape index (κ1) is 13.6. The van der Waals surface area contributed by atoms with Gasteiger partial charge in [-0.15, -0.1) is 0 Å². The summed E-state index contributed by atoms with van der Waals surface area (Å²) in [6.07, 6.45) is 1.58. The van der Waals surface area contributed by atoms with Crippen LogP contribution in [-0.4, -0.2) is 17.1 Å². The van der Waals surface area contributed by atoms with E-state index >= 15 is 0 Å². The highest BCUT2D eigenvalue weighted by Gasteiger charge is 2.09. The van der Waals surface area contributed by atoms with E-state index in [1.165, 1.54) is 7.11 Å². The Hall–Kier alpha value is -1.82. The SMILES string of the molecule is COc1nc(Oc2cc(N)c(C)cc2C)ncc1Br. The number of rotatable bonds is 3. The second kappa shape index (κ2) is 5.44. The molecule has 2 rings (SSSR count). The maximum atomic E-state index is 5.87. The highest BCUT2D eigenvalue weighted by molar-refractivity contribution is 9.10. The molecule has 2 N–H and O–H groups in total. The topological polar surface area (TPSA) is 70.3 Å². The molecule has 0 aliphatic heterocycles. The van der Waals surface area contributed by atoms with Crippen molar-refractivity contribution >= 4 is 21.6 Å². The third-order valence-electron chi connectivity index (χ3n) is 2.65. The molecule has 0 aliphatic carbocycles. The lowest BCUT2D eigenvalue weighted by molar-refractivity contribution is 0.373. The summed E-state index contributed by atoms with van der Waals surface area (Å²) in [5, 5.41) is 0. The number of aromatic nitrogens is 2. The number of benzene rings is 1. The summed E-state index contributed by atoms with van der Waals surface area (Å²) in [4.78, 5) is 8.21. The molecule has 0 spiro atoms. The van der Waals surface area contributed by atoms with Crippen LogP contribution < -0.4 is 15.2 Å². The van der Waals surface area contributed by atoms with Crippen LogP contribution in [0.4, 0.5) is 5.69 Å². The van der Waals surface area contributed by atoms with Crippen molar-refractivity contribution in [1.29, 1.82) is 0 Å². The average molecular weight is 324 g/mol. The van der Waals surface area contributed by atoms with Gasteiger partial charge in [0.1, 0.15) is 5.75 Å². The Morgan fingerprint density at radius 1 is 1.21 bits per heavy atom. The van der Waals surface area contributed by atoms with E-state index in [1.807, 2.05) is 19.9 Å². The van der Waals surface area contributed by atoms with Crippen LogP contribution in [-0.2, 0) is 0 Å². The molecule has 0 atom stereocenters. The molecule has 1 aromatic carbocycles. The maximum Gasteiger partial charge on any atom is 0.325 e. The number of nitrogens with two attached hydrogens (primary N) is 1. The van der Waals surface area contributed by atoms with Crippen LogP contribution in [0.5, 0.6) is 17.6 Å². The zero-order valence-electron chi connectivity index (χ0n) is 10.9. The molecule has 0 saturated carbocycles. The summed E-state index contributed by atoms with van der Waals surface area (Å²) < 4.78 is 11.4. The number of anilines is 1. The smallest absolute Gasteiger partial charge is 0.325 e. The fourth-order valence-electron chi connectivity index (χ4n) is 1.59. The molecular weight excluding hydrogens is 310 g/mol. The van der Waals surface area contributed by atoms with Crippen molar-refractivity contribution in [2.75, 3.05) is 12.8 Å². The molecule has 1 heterocycles. The van der Waals surface area contributed by atoms with Crippen molar-refractivity contribution in [3.63, 3.8) is 0 Å². The van der Waals surface area contributed by atoms with Gasteiger partial charge in [0.2, 0.25) is 5.88 Å². The van der Waals surface area contributed by atoms with Gasteiger partial charge in [-0.25, -0.2) is 4.98 Å². The molecule has 6 heteroatoms. The minimum atomic E-state index is 0.214. The van der Waals surface area contributed by atoms with Gasteiger partial charge in [-0.05, 0) is 40.9 Å². The lowest BCUT2D eigenvalue weighted by atomic mass is 10.1. The van der Waals surface area contributed by atoms with E-state index < -0.39 is 0 Å². The van der Waals surface area contributed by atoms with Crippen molar-refractivity contribution < 1.29 is 9.47 Å². The van der Waals surface area contributed by atoms with Crippen molar-refractivity contribution in [1.82, 2.24) is 9.97 Å². The second-order valence-electron chi connectivity index (χ2n) is 4.09.